The van der Waals surface area contributed by atoms with Crippen LogP contribution in [0, 0.1) is 0 Å². The van der Waals surface area contributed by atoms with Crippen molar-refractivity contribution in [1.29, 1.82) is 0 Å². The largest absolute Gasteiger partial charge is 0.388 e. The molecule has 0 atom stereocenters. The molecule has 1 heteroatoms. The van der Waals surface area contributed by atoms with Gasteiger partial charge in [-0.05, 0) is 136 Å². The highest BCUT2D eigenvalue weighted by Gasteiger charge is 2.36. The Kier molecular flexibility index (Phi) is 9.89. The monoisotopic (exact) mass is 795 g/mol. The maximum Gasteiger partial charge on any atom is 0.0413 e. The zero-order chi connectivity index (χ0) is 42.4. The van der Waals surface area contributed by atoms with Crippen LogP contribution in [-0.2, 0) is 5.41 Å². The molecule has 1 aliphatic rings. The van der Waals surface area contributed by atoms with Crippen molar-refractivity contribution in [1.82, 2.24) is 0 Å². The van der Waals surface area contributed by atoms with E-state index < -0.39 is 0 Å². The number of allylic oxidation sites excluding steroid dienone is 5. The van der Waals surface area contributed by atoms with Gasteiger partial charge in [-0.25, -0.2) is 0 Å². The van der Waals surface area contributed by atoms with Crippen LogP contribution in [0.4, 0.5) is 5.69 Å². The molecule has 9 aromatic carbocycles. The van der Waals surface area contributed by atoms with E-state index >= 15 is 0 Å². The molecular formula is C61H49N. The number of rotatable bonds is 9. The summed E-state index contributed by atoms with van der Waals surface area (Å²) in [4.78, 5) is 0. The average Bonchev–Trinajstić information content (AvgIpc) is 3.55. The van der Waals surface area contributed by atoms with E-state index in [9.17, 15) is 0 Å². The Hall–Kier alpha value is -7.48. The van der Waals surface area contributed by atoms with Crippen LogP contribution in [0.15, 0.2) is 213 Å². The van der Waals surface area contributed by atoms with E-state index in [2.05, 4.69) is 233 Å². The summed E-state index contributed by atoms with van der Waals surface area (Å²) in [5, 5.41) is 8.34. The van der Waals surface area contributed by atoms with Gasteiger partial charge in [0.15, 0.2) is 0 Å². The third-order valence-electron chi connectivity index (χ3n) is 13.0. The molecule has 9 aromatic rings. The van der Waals surface area contributed by atoms with Crippen LogP contribution in [0.2, 0.25) is 0 Å². The summed E-state index contributed by atoms with van der Waals surface area (Å²) in [6, 6.07) is 69.3. The van der Waals surface area contributed by atoms with Gasteiger partial charge >= 0.3 is 0 Å². The molecule has 0 heterocycles. The summed E-state index contributed by atoms with van der Waals surface area (Å²) >= 11 is 0. The maximum atomic E-state index is 4.17. The predicted molar refractivity (Wildman–Crippen MR) is 269 cm³/mol. The Morgan fingerprint density at radius 2 is 1.00 bits per heavy atom. The van der Waals surface area contributed by atoms with Crippen molar-refractivity contribution in [3.63, 3.8) is 0 Å². The lowest BCUT2D eigenvalue weighted by atomic mass is 9.79. The molecule has 0 saturated heterocycles. The van der Waals surface area contributed by atoms with Gasteiger partial charge in [0.05, 0.1) is 0 Å². The molecule has 298 valence electrons. The van der Waals surface area contributed by atoms with Crippen molar-refractivity contribution in [2.75, 3.05) is 12.4 Å². The number of para-hydroxylation sites is 1. The van der Waals surface area contributed by atoms with Crippen LogP contribution in [0.3, 0.4) is 0 Å². The fourth-order valence-corrected chi connectivity index (χ4v) is 9.85. The van der Waals surface area contributed by atoms with Crippen molar-refractivity contribution >= 4 is 38.4 Å². The van der Waals surface area contributed by atoms with Gasteiger partial charge in [-0.2, -0.15) is 0 Å². The van der Waals surface area contributed by atoms with Gasteiger partial charge in [-0.1, -0.05) is 202 Å². The Balaban J connectivity index is 1.28. The van der Waals surface area contributed by atoms with E-state index in [1.165, 1.54) is 99.4 Å². The number of benzene rings is 9. The quantitative estimate of drug-likeness (QED) is 0.113. The van der Waals surface area contributed by atoms with Crippen LogP contribution < -0.4 is 5.32 Å². The SMILES string of the molecule is C=C/C=C(\C=C(/C)c1ccccc1NC)c1ccc2c(-c3ccc(-c4ccccc4)cc3)c3cc4c(cc3c(-c3ccc(-c5ccccc5)cc3)c2c1)C(C)(C)c1ccccc1-4. The smallest absolute Gasteiger partial charge is 0.0413 e. The Bertz CT molecular complexity index is 3220. The van der Waals surface area contributed by atoms with Crippen LogP contribution in [0.5, 0.6) is 0 Å². The third kappa shape index (κ3) is 6.67. The molecule has 10 rings (SSSR count). The first kappa shape index (κ1) is 38.7. The summed E-state index contributed by atoms with van der Waals surface area (Å²) < 4.78 is 0. The first-order valence-corrected chi connectivity index (χ1v) is 21.6. The van der Waals surface area contributed by atoms with Crippen LogP contribution >= 0.6 is 0 Å². The predicted octanol–water partition coefficient (Wildman–Crippen LogP) is 16.7. The van der Waals surface area contributed by atoms with Gasteiger partial charge in [-0.3, -0.25) is 0 Å². The van der Waals surface area contributed by atoms with Crippen molar-refractivity contribution in [3.05, 3.63) is 235 Å². The number of hydrogen-bond donors (Lipinski definition) is 1. The van der Waals surface area contributed by atoms with E-state index in [1.807, 2.05) is 13.1 Å². The number of nitrogens with one attached hydrogen (secondary N) is 1. The van der Waals surface area contributed by atoms with Crippen LogP contribution in [-0.4, -0.2) is 7.05 Å². The summed E-state index contributed by atoms with van der Waals surface area (Å²) in [7, 11) is 1.98. The standard InChI is InChI=1S/C61H49N/c1-6-17-47(36-40(2)49-22-14-16-25-58(49)62-5)48-34-35-51-53(37-48)60(46-32-28-44(29-33-46)42-20-11-8-12-21-42)55-39-57-52(50-23-13-15-24-56(50)61(57,3)4)38-54(55)59(51)45-30-26-43(27-31-45)41-18-9-7-10-19-41/h6-39,62H,1H2,2-5H3/b40-36+,47-17+. The molecule has 0 saturated carbocycles. The Morgan fingerprint density at radius 1 is 0.484 bits per heavy atom. The lowest BCUT2D eigenvalue weighted by Gasteiger charge is -2.24. The zero-order valence-corrected chi connectivity index (χ0v) is 35.8. The van der Waals surface area contributed by atoms with E-state index in [-0.39, 0.29) is 5.41 Å². The minimum absolute atomic E-state index is 0.158. The van der Waals surface area contributed by atoms with E-state index in [1.54, 1.807) is 0 Å². The Morgan fingerprint density at radius 3 is 1.63 bits per heavy atom. The molecule has 0 aromatic heterocycles. The van der Waals surface area contributed by atoms with Crippen molar-refractivity contribution in [2.45, 2.75) is 26.2 Å². The summed E-state index contributed by atoms with van der Waals surface area (Å²) in [6.07, 6.45) is 6.34. The molecule has 0 aliphatic heterocycles. The number of anilines is 1. The second kappa shape index (κ2) is 15.8. The lowest BCUT2D eigenvalue weighted by molar-refractivity contribution is 0.661. The second-order valence-corrected chi connectivity index (χ2v) is 17.0. The second-order valence-electron chi connectivity index (χ2n) is 17.0. The summed E-state index contributed by atoms with van der Waals surface area (Å²) in [5.41, 5.74) is 20.7. The van der Waals surface area contributed by atoms with Crippen molar-refractivity contribution in [3.8, 4) is 55.6 Å². The lowest BCUT2D eigenvalue weighted by Crippen LogP contribution is -2.14. The third-order valence-corrected chi connectivity index (χ3v) is 13.0. The topological polar surface area (TPSA) is 12.0 Å². The molecule has 62 heavy (non-hydrogen) atoms. The fraction of sp³-hybridized carbons (Fsp3) is 0.0820. The first-order chi connectivity index (χ1) is 30.3. The molecule has 0 radical (unpaired) electrons. The van der Waals surface area contributed by atoms with E-state index in [0.717, 1.165) is 16.8 Å². The summed E-state index contributed by atoms with van der Waals surface area (Å²) in [5.74, 6) is 0. The highest BCUT2D eigenvalue weighted by molar-refractivity contribution is 6.23. The molecule has 0 spiro atoms. The minimum Gasteiger partial charge on any atom is -0.388 e. The van der Waals surface area contributed by atoms with Gasteiger partial charge in [0.1, 0.15) is 0 Å². The molecule has 0 unspecified atom stereocenters. The van der Waals surface area contributed by atoms with Crippen LogP contribution in [0.1, 0.15) is 43.0 Å². The van der Waals surface area contributed by atoms with Gasteiger partial charge in [-0.15, -0.1) is 0 Å². The highest BCUT2D eigenvalue weighted by atomic mass is 14.8. The maximum absolute atomic E-state index is 4.17. The number of fused-ring (bicyclic) bond motifs is 5. The normalized spacial score (nSPS) is 13.2. The molecule has 1 N–H and O–H groups in total. The van der Waals surface area contributed by atoms with E-state index in [0.29, 0.717) is 0 Å². The first-order valence-electron chi connectivity index (χ1n) is 21.6. The van der Waals surface area contributed by atoms with Gasteiger partial charge in [0.2, 0.25) is 0 Å². The average molecular weight is 796 g/mol. The molecule has 0 bridgehead atoms. The van der Waals surface area contributed by atoms with Gasteiger partial charge in [0, 0.05) is 23.7 Å². The zero-order valence-electron chi connectivity index (χ0n) is 35.8. The molecule has 0 amide bonds. The molecule has 1 aliphatic carbocycles. The van der Waals surface area contributed by atoms with E-state index in [4.69, 9.17) is 0 Å². The number of hydrogen-bond acceptors (Lipinski definition) is 1. The van der Waals surface area contributed by atoms with Crippen molar-refractivity contribution < 1.29 is 0 Å². The molecule has 1 nitrogen and oxygen atoms in total. The molecule has 0 fully saturated rings. The van der Waals surface area contributed by atoms with Gasteiger partial charge in [0.25, 0.3) is 0 Å². The van der Waals surface area contributed by atoms with Gasteiger partial charge < -0.3 is 5.32 Å². The highest BCUT2D eigenvalue weighted by Crippen LogP contribution is 2.53. The van der Waals surface area contributed by atoms with Crippen LogP contribution in [0.25, 0.3) is 88.3 Å². The van der Waals surface area contributed by atoms with Crippen molar-refractivity contribution in [2.24, 2.45) is 0 Å². The Labute approximate surface area is 366 Å². The summed E-state index contributed by atoms with van der Waals surface area (Å²) in [6.45, 7) is 11.1. The fourth-order valence-electron chi connectivity index (χ4n) is 9.85. The molecular weight excluding hydrogens is 747 g/mol. The minimum atomic E-state index is -0.158.